The van der Waals surface area contributed by atoms with Crippen molar-refractivity contribution >= 4 is 21.6 Å². The van der Waals surface area contributed by atoms with Gasteiger partial charge in [0.25, 0.3) is 5.91 Å². The molecule has 34 heavy (non-hydrogen) atoms. The van der Waals surface area contributed by atoms with E-state index in [0.29, 0.717) is 43.9 Å². The molecule has 8 heteroatoms. The molecule has 2 heterocycles. The van der Waals surface area contributed by atoms with Crippen LogP contribution >= 0.6 is 0 Å². The zero-order chi connectivity index (χ0) is 24.0. The van der Waals surface area contributed by atoms with E-state index in [1.807, 2.05) is 42.5 Å². The van der Waals surface area contributed by atoms with Gasteiger partial charge < -0.3 is 4.90 Å². The number of benzene rings is 2. The molecule has 1 amide bonds. The SMILES string of the molecule is CS(=O)(=O)N1CCCN(Cc2ccccc2)CCN(C(=O)c2ccncc2)Cc2ccccc21. The summed E-state index contributed by atoms with van der Waals surface area (Å²) in [7, 11) is -3.48. The summed E-state index contributed by atoms with van der Waals surface area (Å²) < 4.78 is 26.9. The van der Waals surface area contributed by atoms with Gasteiger partial charge in [0, 0.05) is 57.2 Å². The van der Waals surface area contributed by atoms with Crippen LogP contribution in [0.3, 0.4) is 0 Å². The molecule has 3 aromatic rings. The number of rotatable bonds is 4. The van der Waals surface area contributed by atoms with Gasteiger partial charge in [-0.05, 0) is 35.7 Å². The Balaban J connectivity index is 1.69. The lowest BCUT2D eigenvalue weighted by Crippen LogP contribution is -2.38. The molecule has 0 unspecified atom stereocenters. The number of carbonyl (C=O) groups is 1. The fourth-order valence-corrected chi connectivity index (χ4v) is 5.30. The Kier molecular flexibility index (Phi) is 7.59. The molecule has 4 rings (SSSR count). The maximum atomic E-state index is 13.4. The Morgan fingerprint density at radius 2 is 1.59 bits per heavy atom. The van der Waals surface area contributed by atoms with Gasteiger partial charge in [-0.1, -0.05) is 48.5 Å². The van der Waals surface area contributed by atoms with Crippen LogP contribution < -0.4 is 4.31 Å². The Bertz CT molecular complexity index is 1200. The summed E-state index contributed by atoms with van der Waals surface area (Å²) in [6.07, 6.45) is 5.15. The first-order chi connectivity index (χ1) is 16.4. The summed E-state index contributed by atoms with van der Waals surface area (Å²) >= 11 is 0. The fourth-order valence-electron chi connectivity index (χ4n) is 4.30. The van der Waals surface area contributed by atoms with Crippen molar-refractivity contribution in [2.24, 2.45) is 0 Å². The molecule has 0 saturated heterocycles. The third kappa shape index (κ3) is 6.01. The van der Waals surface area contributed by atoms with Crippen LogP contribution in [-0.2, 0) is 23.1 Å². The van der Waals surface area contributed by atoms with Gasteiger partial charge in [-0.15, -0.1) is 0 Å². The zero-order valence-electron chi connectivity index (χ0n) is 19.4. The predicted molar refractivity (Wildman–Crippen MR) is 134 cm³/mol. The van der Waals surface area contributed by atoms with E-state index in [1.165, 1.54) is 16.1 Å². The summed E-state index contributed by atoms with van der Waals surface area (Å²) in [6.45, 7) is 3.39. The number of para-hydroxylation sites is 1. The summed E-state index contributed by atoms with van der Waals surface area (Å²) in [5.74, 6) is -0.0954. The van der Waals surface area contributed by atoms with E-state index >= 15 is 0 Å². The minimum Gasteiger partial charge on any atom is -0.333 e. The highest BCUT2D eigenvalue weighted by Crippen LogP contribution is 2.26. The highest BCUT2D eigenvalue weighted by Gasteiger charge is 2.25. The minimum atomic E-state index is -3.48. The molecule has 0 radical (unpaired) electrons. The van der Waals surface area contributed by atoms with Crippen LogP contribution in [-0.4, -0.2) is 61.5 Å². The Morgan fingerprint density at radius 1 is 0.882 bits per heavy atom. The maximum Gasteiger partial charge on any atom is 0.254 e. The molecule has 178 valence electrons. The average molecular weight is 479 g/mol. The van der Waals surface area contributed by atoms with Crippen LogP contribution in [0, 0.1) is 0 Å². The fraction of sp³-hybridized carbons (Fsp3) is 0.308. The summed E-state index contributed by atoms with van der Waals surface area (Å²) in [5, 5.41) is 0. The number of pyridine rings is 1. The van der Waals surface area contributed by atoms with Crippen molar-refractivity contribution in [2.75, 3.05) is 36.7 Å². The van der Waals surface area contributed by atoms with Crippen LogP contribution in [0.25, 0.3) is 0 Å². The number of hydrogen-bond acceptors (Lipinski definition) is 5. The number of carbonyl (C=O) groups excluding carboxylic acids is 1. The molecule has 2 aromatic carbocycles. The molecule has 1 aromatic heterocycles. The minimum absolute atomic E-state index is 0.0954. The first-order valence-electron chi connectivity index (χ1n) is 11.4. The molecular formula is C26H30N4O3S. The van der Waals surface area contributed by atoms with E-state index in [2.05, 4.69) is 22.0 Å². The van der Waals surface area contributed by atoms with Crippen molar-refractivity contribution in [3.05, 3.63) is 95.8 Å². The van der Waals surface area contributed by atoms with Crippen molar-refractivity contribution in [2.45, 2.75) is 19.5 Å². The van der Waals surface area contributed by atoms with E-state index in [4.69, 9.17) is 0 Å². The first-order valence-corrected chi connectivity index (χ1v) is 13.3. The van der Waals surface area contributed by atoms with Crippen LogP contribution in [0.2, 0.25) is 0 Å². The normalized spacial score (nSPS) is 15.9. The number of nitrogens with zero attached hydrogens (tertiary/aromatic N) is 4. The number of fused-ring (bicyclic) bond motifs is 1. The van der Waals surface area contributed by atoms with Gasteiger partial charge in [0.1, 0.15) is 0 Å². The van der Waals surface area contributed by atoms with E-state index < -0.39 is 10.0 Å². The Hall–Kier alpha value is -3.23. The molecule has 7 nitrogen and oxygen atoms in total. The predicted octanol–water partition coefficient (Wildman–Crippen LogP) is 3.40. The van der Waals surface area contributed by atoms with Gasteiger partial charge in [-0.2, -0.15) is 0 Å². The van der Waals surface area contributed by atoms with E-state index in [0.717, 1.165) is 18.7 Å². The number of sulfonamides is 1. The van der Waals surface area contributed by atoms with Gasteiger partial charge in [0.15, 0.2) is 0 Å². The average Bonchev–Trinajstić information content (AvgIpc) is 2.87. The molecule has 0 saturated carbocycles. The van der Waals surface area contributed by atoms with Crippen molar-refractivity contribution in [3.8, 4) is 0 Å². The van der Waals surface area contributed by atoms with Crippen molar-refractivity contribution in [1.29, 1.82) is 0 Å². The molecule has 0 bridgehead atoms. The summed E-state index contributed by atoms with van der Waals surface area (Å²) in [4.78, 5) is 21.6. The van der Waals surface area contributed by atoms with E-state index in [-0.39, 0.29) is 5.91 Å². The maximum absolute atomic E-state index is 13.4. The van der Waals surface area contributed by atoms with Crippen LogP contribution in [0.15, 0.2) is 79.1 Å². The lowest BCUT2D eigenvalue weighted by molar-refractivity contribution is 0.0720. The second-order valence-corrected chi connectivity index (χ2v) is 10.4. The quantitative estimate of drug-likeness (QED) is 0.575. The Labute approximate surface area is 201 Å². The lowest BCUT2D eigenvalue weighted by atomic mass is 10.1. The number of anilines is 1. The van der Waals surface area contributed by atoms with Gasteiger partial charge in [0.2, 0.25) is 10.0 Å². The van der Waals surface area contributed by atoms with Gasteiger partial charge >= 0.3 is 0 Å². The second kappa shape index (κ2) is 10.8. The molecule has 0 aliphatic carbocycles. The van der Waals surface area contributed by atoms with Crippen LogP contribution in [0.4, 0.5) is 5.69 Å². The first kappa shape index (κ1) is 23.9. The third-order valence-corrected chi connectivity index (χ3v) is 7.19. The van der Waals surface area contributed by atoms with Crippen molar-refractivity contribution < 1.29 is 13.2 Å². The Morgan fingerprint density at radius 3 is 2.32 bits per heavy atom. The third-order valence-electron chi connectivity index (χ3n) is 6.01. The number of amides is 1. The van der Waals surface area contributed by atoms with Crippen LogP contribution in [0.5, 0.6) is 0 Å². The van der Waals surface area contributed by atoms with Crippen LogP contribution in [0.1, 0.15) is 27.9 Å². The lowest BCUT2D eigenvalue weighted by Gasteiger charge is -2.28. The topological polar surface area (TPSA) is 73.8 Å². The van der Waals surface area contributed by atoms with Gasteiger partial charge in [-0.3, -0.25) is 19.0 Å². The zero-order valence-corrected chi connectivity index (χ0v) is 20.2. The highest BCUT2D eigenvalue weighted by atomic mass is 32.2. The monoisotopic (exact) mass is 478 g/mol. The summed E-state index contributed by atoms with van der Waals surface area (Å²) in [5.41, 5.74) is 3.20. The molecular weight excluding hydrogens is 448 g/mol. The second-order valence-electron chi connectivity index (χ2n) is 8.54. The molecule has 0 atom stereocenters. The van der Waals surface area contributed by atoms with E-state index in [9.17, 15) is 13.2 Å². The molecule has 1 aliphatic heterocycles. The molecule has 0 fully saturated rings. The van der Waals surface area contributed by atoms with Gasteiger partial charge in [0.05, 0.1) is 11.9 Å². The largest absolute Gasteiger partial charge is 0.333 e. The van der Waals surface area contributed by atoms with Crippen molar-refractivity contribution in [1.82, 2.24) is 14.8 Å². The molecule has 0 N–H and O–H groups in total. The highest BCUT2D eigenvalue weighted by molar-refractivity contribution is 7.92. The standard InChI is InChI=1S/C26H30N4O3S/c1-34(32,33)30-17-7-16-28(20-22-8-3-2-4-9-22)18-19-29(21-24-10-5-6-11-25(24)30)26(31)23-12-14-27-15-13-23/h2-6,8-15H,7,16-21H2,1H3. The van der Waals surface area contributed by atoms with E-state index in [1.54, 1.807) is 29.4 Å². The van der Waals surface area contributed by atoms with Crippen molar-refractivity contribution in [3.63, 3.8) is 0 Å². The molecule has 0 spiro atoms. The summed E-state index contributed by atoms with van der Waals surface area (Å²) in [6, 6.07) is 21.1. The smallest absolute Gasteiger partial charge is 0.254 e. The number of aromatic nitrogens is 1. The molecule has 1 aliphatic rings. The van der Waals surface area contributed by atoms with Gasteiger partial charge in [-0.25, -0.2) is 8.42 Å². The number of hydrogen-bond donors (Lipinski definition) is 0.